The minimum absolute atomic E-state index is 0.151. The largest absolute Gasteiger partial charge is 0.498 e. The van der Waals surface area contributed by atoms with Gasteiger partial charge in [-0.2, -0.15) is 0 Å². The normalized spacial score (nSPS) is 26.8. The summed E-state index contributed by atoms with van der Waals surface area (Å²) in [6.45, 7) is 2.06. The van der Waals surface area contributed by atoms with Crippen LogP contribution in [0.2, 0.25) is 0 Å². The number of hydrogen-bond donors (Lipinski definition) is 0. The Morgan fingerprint density at radius 2 is 1.82 bits per heavy atom. The average Bonchev–Trinajstić information content (AvgIpc) is 2.78. The van der Waals surface area contributed by atoms with Crippen molar-refractivity contribution in [2.75, 3.05) is 11.5 Å². The Hall–Kier alpha value is -0.510. The summed E-state index contributed by atoms with van der Waals surface area (Å²) in [5, 5.41) is 0. The van der Waals surface area contributed by atoms with Crippen molar-refractivity contribution in [1.29, 1.82) is 0 Å². The van der Waals surface area contributed by atoms with Gasteiger partial charge in [-0.15, -0.1) is 0 Å². The highest BCUT2D eigenvalue weighted by atomic mass is 32.2. The standard InChI is InChI=1S/C13H22O3S/c1-11(16-10-12-4-2-3-5-12)13-6-8-17(14,15)9-7-13/h10-11,13H,2-9H2,1H3. The van der Waals surface area contributed by atoms with E-state index in [1.807, 2.05) is 6.26 Å². The van der Waals surface area contributed by atoms with Crippen LogP contribution >= 0.6 is 0 Å². The summed E-state index contributed by atoms with van der Waals surface area (Å²) in [6.07, 6.45) is 8.51. The predicted molar refractivity (Wildman–Crippen MR) is 68.5 cm³/mol. The minimum atomic E-state index is -2.75. The van der Waals surface area contributed by atoms with Crippen molar-refractivity contribution in [2.45, 2.75) is 51.6 Å². The lowest BCUT2D eigenvalue weighted by molar-refractivity contribution is 0.0946. The third-order valence-corrected chi connectivity index (χ3v) is 5.67. The summed E-state index contributed by atoms with van der Waals surface area (Å²) in [5.74, 6) is 1.07. The molecule has 0 radical (unpaired) electrons. The highest BCUT2D eigenvalue weighted by Crippen LogP contribution is 2.27. The second-order valence-corrected chi connectivity index (χ2v) is 7.62. The zero-order valence-corrected chi connectivity index (χ0v) is 11.3. The molecule has 98 valence electrons. The number of allylic oxidation sites excluding steroid dienone is 1. The van der Waals surface area contributed by atoms with Crippen LogP contribution in [0.25, 0.3) is 0 Å². The average molecular weight is 258 g/mol. The van der Waals surface area contributed by atoms with E-state index in [-0.39, 0.29) is 6.10 Å². The third kappa shape index (κ3) is 3.73. The number of ether oxygens (including phenoxy) is 1. The van der Waals surface area contributed by atoms with E-state index in [4.69, 9.17) is 4.74 Å². The molecule has 0 amide bonds. The lowest BCUT2D eigenvalue weighted by Gasteiger charge is -2.27. The molecule has 0 aromatic heterocycles. The smallest absolute Gasteiger partial charge is 0.150 e. The summed E-state index contributed by atoms with van der Waals surface area (Å²) >= 11 is 0. The molecular weight excluding hydrogens is 236 g/mol. The van der Waals surface area contributed by atoms with Gasteiger partial charge in [-0.05, 0) is 56.9 Å². The number of sulfone groups is 1. The van der Waals surface area contributed by atoms with Crippen LogP contribution < -0.4 is 0 Å². The van der Waals surface area contributed by atoms with E-state index in [1.165, 1.54) is 31.3 Å². The molecule has 4 heteroatoms. The van der Waals surface area contributed by atoms with Gasteiger partial charge in [-0.25, -0.2) is 8.42 Å². The van der Waals surface area contributed by atoms with Crippen molar-refractivity contribution in [2.24, 2.45) is 5.92 Å². The molecule has 1 atom stereocenters. The van der Waals surface area contributed by atoms with Crippen molar-refractivity contribution < 1.29 is 13.2 Å². The van der Waals surface area contributed by atoms with Gasteiger partial charge in [-0.1, -0.05) is 0 Å². The maximum atomic E-state index is 11.3. The Morgan fingerprint density at radius 3 is 2.41 bits per heavy atom. The quantitative estimate of drug-likeness (QED) is 0.731. The zero-order valence-electron chi connectivity index (χ0n) is 10.5. The van der Waals surface area contributed by atoms with Crippen LogP contribution in [0.5, 0.6) is 0 Å². The zero-order chi connectivity index (χ0) is 12.3. The van der Waals surface area contributed by atoms with E-state index in [1.54, 1.807) is 0 Å². The van der Waals surface area contributed by atoms with Gasteiger partial charge >= 0.3 is 0 Å². The summed E-state index contributed by atoms with van der Waals surface area (Å²) in [7, 11) is -2.75. The van der Waals surface area contributed by atoms with Crippen LogP contribution in [-0.4, -0.2) is 26.0 Å². The molecule has 1 aliphatic heterocycles. The molecule has 2 fully saturated rings. The van der Waals surface area contributed by atoms with E-state index in [0.29, 0.717) is 17.4 Å². The first-order valence-corrected chi connectivity index (χ1v) is 8.43. The molecule has 2 rings (SSSR count). The first-order valence-electron chi connectivity index (χ1n) is 6.61. The fourth-order valence-corrected chi connectivity index (χ4v) is 4.17. The highest BCUT2D eigenvalue weighted by Gasteiger charge is 2.27. The van der Waals surface area contributed by atoms with Gasteiger partial charge in [0.2, 0.25) is 0 Å². The van der Waals surface area contributed by atoms with Crippen LogP contribution in [-0.2, 0) is 14.6 Å². The second-order valence-electron chi connectivity index (χ2n) is 5.31. The van der Waals surface area contributed by atoms with Crippen LogP contribution in [0.15, 0.2) is 11.8 Å². The molecule has 1 heterocycles. The Bertz CT molecular complexity index is 361. The van der Waals surface area contributed by atoms with Gasteiger partial charge in [0.05, 0.1) is 23.9 Å². The molecule has 1 saturated heterocycles. The maximum Gasteiger partial charge on any atom is 0.150 e. The lowest BCUT2D eigenvalue weighted by atomic mass is 9.97. The van der Waals surface area contributed by atoms with Crippen LogP contribution in [0.4, 0.5) is 0 Å². The van der Waals surface area contributed by atoms with Crippen LogP contribution in [0.1, 0.15) is 45.4 Å². The monoisotopic (exact) mass is 258 g/mol. The fraction of sp³-hybridized carbons (Fsp3) is 0.846. The first kappa shape index (κ1) is 12.9. The molecule has 0 aromatic rings. The van der Waals surface area contributed by atoms with Crippen LogP contribution in [0.3, 0.4) is 0 Å². The van der Waals surface area contributed by atoms with Gasteiger partial charge < -0.3 is 4.74 Å². The Kier molecular flexibility index (Phi) is 4.13. The molecule has 1 aliphatic carbocycles. The molecule has 3 nitrogen and oxygen atoms in total. The van der Waals surface area contributed by atoms with Gasteiger partial charge in [0.1, 0.15) is 9.84 Å². The summed E-state index contributed by atoms with van der Waals surface area (Å²) in [4.78, 5) is 0. The van der Waals surface area contributed by atoms with Crippen LogP contribution in [0, 0.1) is 5.92 Å². The highest BCUT2D eigenvalue weighted by molar-refractivity contribution is 7.91. The Balaban J connectivity index is 1.80. The molecule has 0 bridgehead atoms. The second kappa shape index (κ2) is 5.42. The van der Waals surface area contributed by atoms with E-state index in [9.17, 15) is 8.42 Å². The van der Waals surface area contributed by atoms with E-state index in [0.717, 1.165) is 12.8 Å². The van der Waals surface area contributed by atoms with E-state index < -0.39 is 9.84 Å². The molecule has 2 aliphatic rings. The van der Waals surface area contributed by atoms with Gasteiger partial charge in [-0.3, -0.25) is 0 Å². The van der Waals surface area contributed by atoms with Crippen molar-refractivity contribution in [3.8, 4) is 0 Å². The molecule has 0 spiro atoms. The SMILES string of the molecule is CC(OC=C1CCCC1)C1CCS(=O)(=O)CC1. The molecule has 1 unspecified atom stereocenters. The summed E-state index contributed by atoms with van der Waals surface area (Å²) in [5.41, 5.74) is 1.42. The molecule has 17 heavy (non-hydrogen) atoms. The number of hydrogen-bond acceptors (Lipinski definition) is 3. The van der Waals surface area contributed by atoms with E-state index >= 15 is 0 Å². The lowest BCUT2D eigenvalue weighted by Crippen LogP contribution is -2.30. The minimum Gasteiger partial charge on any atom is -0.498 e. The third-order valence-electron chi connectivity index (χ3n) is 3.96. The molecule has 1 saturated carbocycles. The van der Waals surface area contributed by atoms with Crippen molar-refractivity contribution in [3.63, 3.8) is 0 Å². The molecule has 0 N–H and O–H groups in total. The predicted octanol–water partition coefficient (Wildman–Crippen LogP) is 2.67. The topological polar surface area (TPSA) is 43.4 Å². The molecule has 0 aromatic carbocycles. The number of rotatable bonds is 3. The van der Waals surface area contributed by atoms with Gasteiger partial charge in [0, 0.05) is 0 Å². The molecular formula is C13H22O3S. The Labute approximate surface area is 104 Å². The van der Waals surface area contributed by atoms with Crippen molar-refractivity contribution in [1.82, 2.24) is 0 Å². The van der Waals surface area contributed by atoms with Crippen molar-refractivity contribution in [3.05, 3.63) is 11.8 Å². The Morgan fingerprint density at radius 1 is 1.24 bits per heavy atom. The van der Waals surface area contributed by atoms with Gasteiger partial charge in [0.15, 0.2) is 0 Å². The first-order chi connectivity index (χ1) is 8.07. The maximum absolute atomic E-state index is 11.3. The summed E-state index contributed by atoms with van der Waals surface area (Å²) < 4.78 is 28.4. The fourth-order valence-electron chi connectivity index (χ4n) is 2.64. The van der Waals surface area contributed by atoms with Gasteiger partial charge in [0.25, 0.3) is 0 Å². The van der Waals surface area contributed by atoms with E-state index in [2.05, 4.69) is 6.92 Å². The summed E-state index contributed by atoms with van der Waals surface area (Å²) in [6, 6.07) is 0. The van der Waals surface area contributed by atoms with Crippen molar-refractivity contribution >= 4 is 9.84 Å².